The number of aliphatic hydroxyl groups is 1. The highest BCUT2D eigenvalue weighted by Crippen LogP contribution is 2.63. The largest absolute Gasteiger partial charge is 0.550 e. The second-order valence-corrected chi connectivity index (χ2v) is 7.65. The van der Waals surface area contributed by atoms with Gasteiger partial charge in [-0.25, -0.2) is 0 Å². The van der Waals surface area contributed by atoms with E-state index in [1.807, 2.05) is 0 Å². The molecule has 0 amide bonds. The second kappa shape index (κ2) is 7.84. The minimum absolute atomic E-state index is 0.00753. The van der Waals surface area contributed by atoms with E-state index < -0.39 is 53.3 Å². The first-order valence-corrected chi connectivity index (χ1v) is 9.10. The minimum Gasteiger partial charge on any atom is -0.550 e. The van der Waals surface area contributed by atoms with Crippen molar-refractivity contribution in [3.05, 3.63) is 0 Å². The molecule has 1 saturated heterocycles. The van der Waals surface area contributed by atoms with Crippen LogP contribution in [0.4, 0.5) is 0 Å². The minimum atomic E-state index is -2.16. The highest BCUT2D eigenvalue weighted by atomic mass is 16.7. The number of hydrogen-bond donors (Lipinski definition) is 1. The maximum absolute atomic E-state index is 12.0. The molecule has 0 spiro atoms. The Bertz CT molecular complexity index is 610. The van der Waals surface area contributed by atoms with Crippen LogP contribution in [0.15, 0.2) is 0 Å². The van der Waals surface area contributed by atoms with Crippen LogP contribution in [0.5, 0.6) is 0 Å². The lowest BCUT2D eigenvalue weighted by molar-refractivity contribution is -0.356. The van der Waals surface area contributed by atoms with Crippen LogP contribution in [-0.4, -0.2) is 34.8 Å². The summed E-state index contributed by atoms with van der Waals surface area (Å²) in [5.41, 5.74) is -2.44. The van der Waals surface area contributed by atoms with Crippen LogP contribution in [0.2, 0.25) is 0 Å². The second-order valence-electron chi connectivity index (χ2n) is 7.65. The van der Waals surface area contributed by atoms with E-state index in [9.17, 15) is 39.6 Å². The van der Waals surface area contributed by atoms with E-state index in [1.54, 1.807) is 0 Å². The summed E-state index contributed by atoms with van der Waals surface area (Å²) in [4.78, 5) is 45.1. The number of ether oxygens (including phenoxy) is 1. The molecule has 0 aromatic rings. The number of carbonyl (C=O) groups is 4. The van der Waals surface area contributed by atoms with Crippen LogP contribution >= 0.6 is 0 Å². The summed E-state index contributed by atoms with van der Waals surface area (Å²) in [6.45, 7) is 0. The van der Waals surface area contributed by atoms with Gasteiger partial charge >= 0.3 is 5.97 Å². The van der Waals surface area contributed by atoms with Crippen LogP contribution in [0.25, 0.3) is 0 Å². The first-order chi connectivity index (χ1) is 12.6. The third-order valence-corrected chi connectivity index (χ3v) is 6.24. The first kappa shape index (κ1) is 21.1. The molecule has 2 aliphatic rings. The van der Waals surface area contributed by atoms with Crippen molar-refractivity contribution in [2.75, 3.05) is 0 Å². The van der Waals surface area contributed by atoms with Crippen molar-refractivity contribution in [2.45, 2.75) is 76.4 Å². The van der Waals surface area contributed by atoms with Crippen molar-refractivity contribution >= 4 is 23.9 Å². The molecule has 1 heterocycles. The fourth-order valence-electron chi connectivity index (χ4n) is 4.89. The molecule has 0 aromatic carbocycles. The van der Waals surface area contributed by atoms with Crippen molar-refractivity contribution < 1.29 is 44.3 Å². The molecule has 2 rings (SSSR count). The lowest BCUT2D eigenvalue weighted by atomic mass is 9.51. The van der Waals surface area contributed by atoms with E-state index in [1.165, 1.54) is 0 Å². The van der Waals surface area contributed by atoms with Crippen LogP contribution < -0.4 is 15.3 Å². The summed E-state index contributed by atoms with van der Waals surface area (Å²) >= 11 is 0. The third-order valence-electron chi connectivity index (χ3n) is 6.24. The predicted molar refractivity (Wildman–Crippen MR) is 81.7 cm³/mol. The predicted octanol–water partition coefficient (Wildman–Crippen LogP) is -2.24. The Balaban J connectivity index is 2.48. The van der Waals surface area contributed by atoms with Crippen LogP contribution in [-0.2, 0) is 23.9 Å². The Hall–Kier alpha value is -2.16. The Labute approximate surface area is 156 Å². The van der Waals surface area contributed by atoms with Crippen molar-refractivity contribution in [1.82, 2.24) is 0 Å². The van der Waals surface area contributed by atoms with Crippen molar-refractivity contribution in [3.63, 3.8) is 0 Å². The van der Waals surface area contributed by atoms with Crippen molar-refractivity contribution in [1.29, 1.82) is 0 Å². The van der Waals surface area contributed by atoms with Gasteiger partial charge in [-0.1, -0.05) is 6.42 Å². The number of rotatable bonds is 9. The number of carboxylic acids is 3. The highest BCUT2D eigenvalue weighted by Gasteiger charge is 2.67. The number of carboxylic acid groups (broad SMARTS) is 3. The Morgan fingerprint density at radius 3 is 1.93 bits per heavy atom. The smallest absolute Gasteiger partial charge is 0.308 e. The zero-order valence-electron chi connectivity index (χ0n) is 15.0. The number of hydrogen-bond acceptors (Lipinski definition) is 9. The fraction of sp³-hybridized carbons (Fsp3) is 0.778. The molecule has 1 saturated carbocycles. The lowest BCUT2D eigenvalue weighted by Gasteiger charge is -2.61. The molecular formula is C18H23O9-3. The lowest BCUT2D eigenvalue weighted by Crippen LogP contribution is -2.67. The van der Waals surface area contributed by atoms with Gasteiger partial charge in [0.25, 0.3) is 0 Å². The van der Waals surface area contributed by atoms with Gasteiger partial charge in [0, 0.05) is 35.2 Å². The summed E-state index contributed by atoms with van der Waals surface area (Å²) in [5.74, 6) is -6.91. The quantitative estimate of drug-likeness (QED) is 0.433. The van der Waals surface area contributed by atoms with Gasteiger partial charge in [-0.15, -0.1) is 0 Å². The third kappa shape index (κ3) is 4.07. The summed E-state index contributed by atoms with van der Waals surface area (Å²) in [7, 11) is 0. The van der Waals surface area contributed by atoms with Gasteiger partial charge in [-0.2, -0.15) is 0 Å². The van der Waals surface area contributed by atoms with Crippen molar-refractivity contribution in [3.8, 4) is 0 Å². The highest BCUT2D eigenvalue weighted by molar-refractivity contribution is 5.71. The van der Waals surface area contributed by atoms with Gasteiger partial charge in [0.15, 0.2) is 0 Å². The summed E-state index contributed by atoms with van der Waals surface area (Å²) < 4.78 is 5.37. The standard InChI is InChI=1S/C18H26O9/c19-12(20)2-8-16(9-3-13(21)22)6-1-7-17(10-4-14(23)24)11-5-15(25)27-18(16,17)26/h26H,1-11H2,(H,19,20)(H,21,22)(H,23,24)/p-3/t17-,18?/m1/s1. The molecule has 27 heavy (non-hydrogen) atoms. The van der Waals surface area contributed by atoms with Crippen LogP contribution in [0.3, 0.4) is 0 Å². The normalized spacial score (nSPS) is 29.4. The topological polar surface area (TPSA) is 167 Å². The number of carbonyl (C=O) groups excluding carboxylic acids is 4. The van der Waals surface area contributed by atoms with E-state index >= 15 is 0 Å². The van der Waals surface area contributed by atoms with Crippen molar-refractivity contribution in [2.24, 2.45) is 10.8 Å². The average molecular weight is 383 g/mol. The molecule has 0 bridgehead atoms. The fourth-order valence-corrected chi connectivity index (χ4v) is 4.89. The zero-order chi connectivity index (χ0) is 20.3. The molecular weight excluding hydrogens is 360 g/mol. The Kier molecular flexibility index (Phi) is 6.14. The molecule has 0 aromatic heterocycles. The first-order valence-electron chi connectivity index (χ1n) is 9.10. The molecule has 1 N–H and O–H groups in total. The van der Waals surface area contributed by atoms with E-state index in [0.29, 0.717) is 12.8 Å². The Morgan fingerprint density at radius 2 is 1.41 bits per heavy atom. The maximum Gasteiger partial charge on any atom is 0.308 e. The van der Waals surface area contributed by atoms with Gasteiger partial charge in [0.05, 0.1) is 0 Å². The molecule has 1 aliphatic heterocycles. The zero-order valence-corrected chi connectivity index (χ0v) is 15.0. The summed E-state index contributed by atoms with van der Waals surface area (Å²) in [6.07, 6.45) is -0.305. The molecule has 2 atom stereocenters. The van der Waals surface area contributed by atoms with Gasteiger partial charge in [-0.05, 0) is 57.8 Å². The Morgan fingerprint density at radius 1 is 0.889 bits per heavy atom. The van der Waals surface area contributed by atoms with Gasteiger partial charge in [-0.3, -0.25) is 4.79 Å². The SMILES string of the molecule is O=C([O-])CCC1(CCC(=O)[O-])CCC[C@@]2(CCC(=O)[O-])CCC(=O)OC12O. The molecule has 1 unspecified atom stereocenters. The summed E-state index contributed by atoms with van der Waals surface area (Å²) in [5, 5.41) is 44.6. The number of aliphatic carboxylic acids is 3. The average Bonchev–Trinajstić information content (AvgIpc) is 2.57. The van der Waals surface area contributed by atoms with E-state index in [2.05, 4.69) is 0 Å². The number of fused-ring (bicyclic) bond motifs is 1. The van der Waals surface area contributed by atoms with Crippen LogP contribution in [0, 0.1) is 10.8 Å². The molecule has 1 aliphatic carbocycles. The summed E-state index contributed by atoms with van der Waals surface area (Å²) in [6, 6.07) is 0. The monoisotopic (exact) mass is 383 g/mol. The van der Waals surface area contributed by atoms with Gasteiger partial charge < -0.3 is 39.5 Å². The van der Waals surface area contributed by atoms with E-state index in [-0.39, 0.29) is 44.9 Å². The number of esters is 1. The van der Waals surface area contributed by atoms with Crippen LogP contribution in [0.1, 0.15) is 70.6 Å². The molecule has 9 nitrogen and oxygen atoms in total. The van der Waals surface area contributed by atoms with Gasteiger partial charge in [0.2, 0.25) is 5.79 Å². The van der Waals surface area contributed by atoms with E-state index in [0.717, 1.165) is 0 Å². The van der Waals surface area contributed by atoms with E-state index in [4.69, 9.17) is 4.74 Å². The van der Waals surface area contributed by atoms with Gasteiger partial charge in [0.1, 0.15) is 0 Å². The molecule has 152 valence electrons. The molecule has 2 fully saturated rings. The molecule has 9 heteroatoms. The molecule has 0 radical (unpaired) electrons. The maximum atomic E-state index is 12.0.